The van der Waals surface area contributed by atoms with Gasteiger partial charge in [0.1, 0.15) is 11.5 Å². The summed E-state index contributed by atoms with van der Waals surface area (Å²) in [5.74, 6) is 0.817. The van der Waals surface area contributed by atoms with E-state index < -0.39 is 0 Å². The maximum Gasteiger partial charge on any atom is 0.233 e. The minimum atomic E-state index is -0.135. The Morgan fingerprint density at radius 3 is 2.44 bits per heavy atom. The summed E-state index contributed by atoms with van der Waals surface area (Å²) in [6.07, 6.45) is 1.76. The zero-order chi connectivity index (χ0) is 17.2. The van der Waals surface area contributed by atoms with Crippen molar-refractivity contribution in [3.05, 3.63) is 35.2 Å². The molecular weight excluding hydrogens is 324 g/mol. The molecule has 7 nitrogen and oxygen atoms in total. The lowest BCUT2D eigenvalue weighted by Gasteiger charge is -2.27. The molecule has 3 heterocycles. The second-order valence-corrected chi connectivity index (χ2v) is 6.40. The van der Waals surface area contributed by atoms with Gasteiger partial charge in [0.2, 0.25) is 5.78 Å². The lowest BCUT2D eigenvalue weighted by atomic mass is 10.0. The first-order valence-electron chi connectivity index (χ1n) is 8.63. The van der Waals surface area contributed by atoms with E-state index in [0.717, 1.165) is 26.2 Å². The van der Waals surface area contributed by atoms with Crippen LogP contribution in [0.25, 0.3) is 0 Å². The maximum absolute atomic E-state index is 12.7. The molecule has 1 aromatic carbocycles. The van der Waals surface area contributed by atoms with Crippen molar-refractivity contribution in [2.45, 2.75) is 6.54 Å². The van der Waals surface area contributed by atoms with E-state index >= 15 is 0 Å². The Morgan fingerprint density at radius 1 is 1.04 bits per heavy atom. The topological polar surface area (TPSA) is 71.5 Å². The number of rotatable bonds is 3. The fraction of sp³-hybridized carbons (Fsp3) is 0.500. The summed E-state index contributed by atoms with van der Waals surface area (Å²) in [5, 5.41) is 10.3. The molecule has 1 aromatic rings. The number of phenolic OH excluding ortho intramolecular Hbond substituents is 1. The second-order valence-electron chi connectivity index (χ2n) is 6.40. The molecule has 4 rings (SSSR count). The fourth-order valence-electron chi connectivity index (χ4n) is 3.29. The average Bonchev–Trinajstić information content (AvgIpc) is 2.95. The first-order valence-corrected chi connectivity index (χ1v) is 8.63. The minimum Gasteiger partial charge on any atom is -0.507 e. The number of aromatic hydroxyl groups is 1. The van der Waals surface area contributed by atoms with E-state index in [-0.39, 0.29) is 11.5 Å². The van der Waals surface area contributed by atoms with Crippen LogP contribution >= 0.6 is 0 Å². The molecule has 0 radical (unpaired) electrons. The summed E-state index contributed by atoms with van der Waals surface area (Å²) < 4.78 is 16.6. The number of allylic oxidation sites excluding steroid dienone is 1. The number of morpholine rings is 2. The van der Waals surface area contributed by atoms with Gasteiger partial charge in [-0.1, -0.05) is 0 Å². The zero-order valence-electron chi connectivity index (χ0n) is 14.1. The molecule has 2 saturated heterocycles. The van der Waals surface area contributed by atoms with Gasteiger partial charge in [0.05, 0.1) is 37.6 Å². The predicted molar refractivity (Wildman–Crippen MR) is 89.6 cm³/mol. The van der Waals surface area contributed by atoms with Crippen molar-refractivity contribution in [2.75, 3.05) is 52.6 Å². The van der Waals surface area contributed by atoms with Gasteiger partial charge in [-0.2, -0.15) is 0 Å². The van der Waals surface area contributed by atoms with Gasteiger partial charge in [-0.05, 0) is 12.1 Å². The zero-order valence-corrected chi connectivity index (χ0v) is 14.1. The Kier molecular flexibility index (Phi) is 4.61. The summed E-state index contributed by atoms with van der Waals surface area (Å²) in [6.45, 7) is 6.26. The lowest BCUT2D eigenvalue weighted by molar-refractivity contribution is 0.0336. The third kappa shape index (κ3) is 3.35. The molecule has 134 valence electrons. The molecule has 7 heteroatoms. The Labute approximate surface area is 146 Å². The number of ether oxygens (including phenoxy) is 3. The van der Waals surface area contributed by atoms with Gasteiger partial charge in [0.25, 0.3) is 0 Å². The monoisotopic (exact) mass is 346 g/mol. The molecule has 0 bridgehead atoms. The molecule has 0 unspecified atom stereocenters. The van der Waals surface area contributed by atoms with E-state index in [4.69, 9.17) is 14.2 Å². The Morgan fingerprint density at radius 2 is 1.72 bits per heavy atom. The smallest absolute Gasteiger partial charge is 0.233 e. The normalized spacial score (nSPS) is 23.0. The van der Waals surface area contributed by atoms with E-state index in [1.165, 1.54) is 0 Å². The summed E-state index contributed by atoms with van der Waals surface area (Å²) >= 11 is 0. The predicted octanol–water partition coefficient (Wildman–Crippen LogP) is 0.973. The molecule has 0 amide bonds. The van der Waals surface area contributed by atoms with Crippen LogP contribution in [0.15, 0.2) is 24.1 Å². The van der Waals surface area contributed by atoms with Crippen LogP contribution in [0.1, 0.15) is 15.9 Å². The van der Waals surface area contributed by atoms with E-state index in [1.54, 1.807) is 18.3 Å². The molecule has 3 aliphatic rings. The summed E-state index contributed by atoms with van der Waals surface area (Å²) in [6, 6.07) is 3.21. The van der Waals surface area contributed by atoms with Gasteiger partial charge in [0.15, 0.2) is 5.76 Å². The largest absolute Gasteiger partial charge is 0.507 e. The van der Waals surface area contributed by atoms with Gasteiger partial charge in [-0.25, -0.2) is 0 Å². The third-order valence-electron chi connectivity index (χ3n) is 4.75. The fourth-order valence-corrected chi connectivity index (χ4v) is 3.29. The van der Waals surface area contributed by atoms with Gasteiger partial charge in [-0.3, -0.25) is 9.69 Å². The van der Waals surface area contributed by atoms with Crippen LogP contribution in [0.5, 0.6) is 11.5 Å². The van der Waals surface area contributed by atoms with Crippen molar-refractivity contribution < 1.29 is 24.1 Å². The quantitative estimate of drug-likeness (QED) is 0.818. The highest BCUT2D eigenvalue weighted by molar-refractivity contribution is 6.12. The number of benzene rings is 1. The molecule has 0 spiro atoms. The first kappa shape index (κ1) is 16.4. The molecule has 0 aliphatic carbocycles. The van der Waals surface area contributed by atoms with E-state index in [2.05, 4.69) is 4.90 Å². The highest BCUT2D eigenvalue weighted by Gasteiger charge is 2.32. The highest BCUT2D eigenvalue weighted by Crippen LogP contribution is 2.39. The number of Topliss-reactive ketones (excluding diaryl/α,β-unsaturated/α-hetero) is 1. The molecule has 3 aliphatic heterocycles. The van der Waals surface area contributed by atoms with Crippen molar-refractivity contribution in [3.8, 4) is 11.5 Å². The number of hydrogen-bond donors (Lipinski definition) is 1. The van der Waals surface area contributed by atoms with Gasteiger partial charge >= 0.3 is 0 Å². The second kappa shape index (κ2) is 7.03. The first-order chi connectivity index (χ1) is 12.2. The maximum atomic E-state index is 12.7. The van der Waals surface area contributed by atoms with Crippen LogP contribution in [0, 0.1) is 0 Å². The van der Waals surface area contributed by atoms with Crippen LogP contribution in [0.2, 0.25) is 0 Å². The van der Waals surface area contributed by atoms with Crippen LogP contribution in [-0.2, 0) is 16.0 Å². The van der Waals surface area contributed by atoms with E-state index in [9.17, 15) is 9.90 Å². The molecular formula is C18H22N2O5. The minimum absolute atomic E-state index is 0.135. The number of fused-ring (bicyclic) bond motifs is 1. The Bertz CT molecular complexity index is 691. The van der Waals surface area contributed by atoms with Crippen LogP contribution in [0.3, 0.4) is 0 Å². The van der Waals surface area contributed by atoms with Crippen molar-refractivity contribution >= 4 is 5.78 Å². The Balaban J connectivity index is 1.58. The third-order valence-corrected chi connectivity index (χ3v) is 4.75. The molecule has 1 N–H and O–H groups in total. The van der Waals surface area contributed by atoms with Gasteiger partial charge in [0, 0.05) is 38.9 Å². The number of carbonyl (C=O) groups excluding carboxylic acids is 1. The standard InChI is InChI=1S/C18H22N2O5/c21-15-2-1-13-17(22)16(12-20-5-9-24-10-6-20)25-18(13)14(15)11-19-3-7-23-8-4-19/h1-2,12,21H,3-11H2/b16-12-. The van der Waals surface area contributed by atoms with Crippen molar-refractivity contribution in [2.24, 2.45) is 0 Å². The number of ketones is 1. The van der Waals surface area contributed by atoms with Crippen LogP contribution in [-0.4, -0.2) is 73.3 Å². The number of carbonyl (C=O) groups is 1. The van der Waals surface area contributed by atoms with Crippen molar-refractivity contribution in [3.63, 3.8) is 0 Å². The van der Waals surface area contributed by atoms with Crippen molar-refractivity contribution in [1.29, 1.82) is 0 Å². The van der Waals surface area contributed by atoms with E-state index in [0.29, 0.717) is 55.6 Å². The SMILES string of the molecule is O=C1/C(=C/N2CCOCC2)Oc2c1ccc(O)c2CN1CCOCC1. The molecule has 2 fully saturated rings. The molecule has 0 saturated carbocycles. The molecule has 0 aromatic heterocycles. The average molecular weight is 346 g/mol. The summed E-state index contributed by atoms with van der Waals surface area (Å²) in [5.41, 5.74) is 1.18. The van der Waals surface area contributed by atoms with E-state index in [1.807, 2.05) is 4.90 Å². The lowest BCUT2D eigenvalue weighted by Crippen LogP contribution is -2.35. The molecule has 25 heavy (non-hydrogen) atoms. The van der Waals surface area contributed by atoms with Gasteiger partial charge in [-0.15, -0.1) is 0 Å². The Hall–Kier alpha value is -2.09. The van der Waals surface area contributed by atoms with Gasteiger partial charge < -0.3 is 24.2 Å². The molecule has 0 atom stereocenters. The van der Waals surface area contributed by atoms with Crippen molar-refractivity contribution in [1.82, 2.24) is 9.80 Å². The highest BCUT2D eigenvalue weighted by atomic mass is 16.5. The number of phenols is 1. The summed E-state index contributed by atoms with van der Waals surface area (Å²) in [7, 11) is 0. The van der Waals surface area contributed by atoms with Crippen LogP contribution in [0.4, 0.5) is 0 Å². The number of hydrogen-bond acceptors (Lipinski definition) is 7. The summed E-state index contributed by atoms with van der Waals surface area (Å²) in [4.78, 5) is 16.9. The number of nitrogens with zero attached hydrogens (tertiary/aromatic N) is 2. The van der Waals surface area contributed by atoms with Crippen LogP contribution < -0.4 is 4.74 Å².